The van der Waals surface area contributed by atoms with E-state index in [1.807, 2.05) is 6.07 Å². The van der Waals surface area contributed by atoms with Gasteiger partial charge in [0.15, 0.2) is 4.34 Å². The normalized spacial score (nSPS) is 10.8. The Morgan fingerprint density at radius 3 is 2.94 bits per heavy atom. The van der Waals surface area contributed by atoms with Gasteiger partial charge in [-0.2, -0.15) is 4.37 Å². The van der Waals surface area contributed by atoms with Crippen molar-refractivity contribution >= 4 is 39.2 Å². The van der Waals surface area contributed by atoms with Crippen LogP contribution in [0.3, 0.4) is 0 Å². The summed E-state index contributed by atoms with van der Waals surface area (Å²) in [5.74, 6) is 0.915. The van der Waals surface area contributed by atoms with E-state index in [2.05, 4.69) is 44.3 Å². The van der Waals surface area contributed by atoms with Crippen molar-refractivity contribution in [3.8, 4) is 0 Å². The Labute approximate surface area is 123 Å². The maximum atomic E-state index is 5.64. The fourth-order valence-corrected chi connectivity index (χ4v) is 3.87. The van der Waals surface area contributed by atoms with Crippen LogP contribution in [0.15, 0.2) is 31.9 Å². The zero-order chi connectivity index (χ0) is 13.0. The van der Waals surface area contributed by atoms with Gasteiger partial charge < -0.3 is 5.73 Å². The number of aryl methyl sites for hydroxylation is 1. The Morgan fingerprint density at radius 2 is 2.28 bits per heavy atom. The van der Waals surface area contributed by atoms with Crippen LogP contribution in [0.5, 0.6) is 0 Å². The summed E-state index contributed by atoms with van der Waals surface area (Å²) in [5.41, 5.74) is 6.90. The summed E-state index contributed by atoms with van der Waals surface area (Å²) in [6.07, 6.45) is 1.76. The van der Waals surface area contributed by atoms with Gasteiger partial charge in [0.1, 0.15) is 5.82 Å². The number of hydrogen-bond acceptors (Lipinski definition) is 5. The molecule has 1 aromatic heterocycles. The third kappa shape index (κ3) is 3.54. The van der Waals surface area contributed by atoms with Crippen molar-refractivity contribution in [3.63, 3.8) is 0 Å². The van der Waals surface area contributed by atoms with Crippen LogP contribution < -0.4 is 5.73 Å². The van der Waals surface area contributed by atoms with Crippen LogP contribution in [-0.2, 0) is 12.8 Å². The fourth-order valence-electron chi connectivity index (χ4n) is 1.50. The molecule has 18 heavy (non-hydrogen) atoms. The van der Waals surface area contributed by atoms with E-state index in [1.54, 1.807) is 11.8 Å². The molecule has 0 bridgehead atoms. The van der Waals surface area contributed by atoms with Crippen molar-refractivity contribution in [1.29, 1.82) is 0 Å². The van der Waals surface area contributed by atoms with E-state index in [0.29, 0.717) is 6.54 Å². The first kappa shape index (κ1) is 14.0. The van der Waals surface area contributed by atoms with Crippen molar-refractivity contribution in [2.45, 2.75) is 29.0 Å². The van der Waals surface area contributed by atoms with Crippen LogP contribution in [0.1, 0.15) is 18.3 Å². The molecule has 0 amide bonds. The van der Waals surface area contributed by atoms with Gasteiger partial charge in [-0.25, -0.2) is 4.98 Å². The number of nitrogens with two attached hydrogens (primary N) is 1. The lowest BCUT2D eigenvalue weighted by Crippen LogP contribution is -2.03. The molecule has 2 aromatic rings. The monoisotopic (exact) mass is 343 g/mol. The van der Waals surface area contributed by atoms with Crippen LogP contribution in [0, 0.1) is 0 Å². The van der Waals surface area contributed by atoms with E-state index in [4.69, 9.17) is 5.73 Å². The van der Waals surface area contributed by atoms with Crippen LogP contribution in [0.25, 0.3) is 0 Å². The molecule has 0 aliphatic heterocycles. The largest absolute Gasteiger partial charge is 0.330 e. The van der Waals surface area contributed by atoms with Crippen molar-refractivity contribution in [1.82, 2.24) is 9.36 Å². The maximum Gasteiger partial charge on any atom is 0.174 e. The van der Waals surface area contributed by atoms with E-state index < -0.39 is 0 Å². The zero-order valence-electron chi connectivity index (χ0n) is 10.0. The van der Waals surface area contributed by atoms with Gasteiger partial charge in [-0.1, -0.05) is 40.7 Å². The Balaban J connectivity index is 2.23. The molecule has 0 aliphatic rings. The molecule has 0 radical (unpaired) electrons. The summed E-state index contributed by atoms with van der Waals surface area (Å²) in [6.45, 7) is 2.72. The average Bonchev–Trinajstić information content (AvgIpc) is 2.80. The molecule has 0 atom stereocenters. The van der Waals surface area contributed by atoms with E-state index in [-0.39, 0.29) is 0 Å². The molecule has 0 saturated carbocycles. The molecular weight excluding hydrogens is 330 g/mol. The van der Waals surface area contributed by atoms with Gasteiger partial charge in [-0.15, -0.1) is 0 Å². The highest BCUT2D eigenvalue weighted by atomic mass is 79.9. The van der Waals surface area contributed by atoms with E-state index in [9.17, 15) is 0 Å². The second-order valence-corrected chi connectivity index (χ2v) is 6.68. The van der Waals surface area contributed by atoms with Gasteiger partial charge in [-0.3, -0.25) is 0 Å². The lowest BCUT2D eigenvalue weighted by Gasteiger charge is -2.06. The SMILES string of the molecule is CCc1nsc(Sc2cc(Br)ccc2CCN)n1. The summed E-state index contributed by atoms with van der Waals surface area (Å²) < 4.78 is 6.37. The van der Waals surface area contributed by atoms with Gasteiger partial charge in [0.25, 0.3) is 0 Å². The molecule has 0 spiro atoms. The lowest BCUT2D eigenvalue weighted by atomic mass is 10.1. The summed E-state index contributed by atoms with van der Waals surface area (Å²) in [4.78, 5) is 5.68. The highest BCUT2D eigenvalue weighted by Crippen LogP contribution is 2.33. The molecule has 96 valence electrons. The minimum absolute atomic E-state index is 0.658. The van der Waals surface area contributed by atoms with Crippen molar-refractivity contribution in [3.05, 3.63) is 34.1 Å². The van der Waals surface area contributed by atoms with Crippen LogP contribution >= 0.6 is 39.2 Å². The Morgan fingerprint density at radius 1 is 1.44 bits per heavy atom. The summed E-state index contributed by atoms with van der Waals surface area (Å²) in [5, 5.41) is 0. The van der Waals surface area contributed by atoms with Crippen LogP contribution in [-0.4, -0.2) is 15.9 Å². The number of aromatic nitrogens is 2. The van der Waals surface area contributed by atoms with Gasteiger partial charge in [0.05, 0.1) is 0 Å². The third-order valence-electron chi connectivity index (χ3n) is 2.41. The number of benzene rings is 1. The first-order valence-corrected chi connectivity index (χ1v) is 8.10. The van der Waals surface area contributed by atoms with E-state index >= 15 is 0 Å². The van der Waals surface area contributed by atoms with Crippen molar-refractivity contribution < 1.29 is 0 Å². The summed E-state index contributed by atoms with van der Waals surface area (Å²) >= 11 is 6.62. The molecule has 1 aromatic carbocycles. The predicted molar refractivity (Wildman–Crippen MR) is 80.3 cm³/mol. The Bertz CT molecular complexity index is 528. The molecule has 2 rings (SSSR count). The van der Waals surface area contributed by atoms with E-state index in [1.165, 1.54) is 22.0 Å². The fraction of sp³-hybridized carbons (Fsp3) is 0.333. The highest BCUT2D eigenvalue weighted by molar-refractivity contribution is 9.10. The standard InChI is InChI=1S/C12H14BrN3S2/c1-2-11-15-12(18-16-11)17-10-7-9(13)4-3-8(10)5-6-14/h3-4,7H,2,5-6,14H2,1H3. The van der Waals surface area contributed by atoms with Gasteiger partial charge in [-0.05, 0) is 42.2 Å². The molecule has 1 heterocycles. The maximum absolute atomic E-state index is 5.64. The van der Waals surface area contributed by atoms with Gasteiger partial charge in [0, 0.05) is 15.8 Å². The van der Waals surface area contributed by atoms with Crippen molar-refractivity contribution in [2.24, 2.45) is 5.73 Å². The minimum atomic E-state index is 0.658. The van der Waals surface area contributed by atoms with Crippen molar-refractivity contribution in [2.75, 3.05) is 6.54 Å². The second-order valence-electron chi connectivity index (χ2n) is 3.72. The molecule has 0 aliphatic carbocycles. The second kappa shape index (κ2) is 6.65. The molecular formula is C12H14BrN3S2. The van der Waals surface area contributed by atoms with Gasteiger partial charge in [0.2, 0.25) is 0 Å². The molecule has 0 unspecified atom stereocenters. The molecule has 2 N–H and O–H groups in total. The number of hydrogen-bond donors (Lipinski definition) is 1. The first-order valence-electron chi connectivity index (χ1n) is 5.72. The summed E-state index contributed by atoms with van der Waals surface area (Å²) in [6, 6.07) is 6.27. The molecule has 0 saturated heterocycles. The zero-order valence-corrected chi connectivity index (χ0v) is 13.2. The first-order chi connectivity index (χ1) is 8.72. The highest BCUT2D eigenvalue weighted by Gasteiger charge is 2.09. The third-order valence-corrected chi connectivity index (χ3v) is 4.79. The quantitative estimate of drug-likeness (QED) is 0.902. The average molecular weight is 344 g/mol. The summed E-state index contributed by atoms with van der Waals surface area (Å²) in [7, 11) is 0. The van der Waals surface area contributed by atoms with E-state index in [0.717, 1.165) is 27.5 Å². The van der Waals surface area contributed by atoms with Gasteiger partial charge >= 0.3 is 0 Å². The molecule has 3 nitrogen and oxygen atoms in total. The molecule has 6 heteroatoms. The topological polar surface area (TPSA) is 51.8 Å². The minimum Gasteiger partial charge on any atom is -0.330 e. The number of nitrogens with zero attached hydrogens (tertiary/aromatic N) is 2. The van der Waals surface area contributed by atoms with Crippen LogP contribution in [0.4, 0.5) is 0 Å². The number of halogens is 1. The molecule has 0 fully saturated rings. The van der Waals surface area contributed by atoms with Crippen LogP contribution in [0.2, 0.25) is 0 Å². The lowest BCUT2D eigenvalue weighted by molar-refractivity contribution is 0.941. The Hall–Kier alpha value is -0.430. The smallest absolute Gasteiger partial charge is 0.174 e. The Kier molecular flexibility index (Phi) is 5.17. The predicted octanol–water partition coefficient (Wildman–Crippen LogP) is 3.52. The number of rotatable bonds is 5.